The van der Waals surface area contributed by atoms with Gasteiger partial charge in [-0.05, 0) is 24.3 Å². The number of nitro benzene ring substituents is 1. The van der Waals surface area contributed by atoms with Gasteiger partial charge in [-0.25, -0.2) is 0 Å². The van der Waals surface area contributed by atoms with E-state index in [1.165, 1.54) is 12.1 Å². The smallest absolute Gasteiger partial charge is 0.416 e. The summed E-state index contributed by atoms with van der Waals surface area (Å²) in [5.74, 6) is -0.348. The maximum absolute atomic E-state index is 12.6. The zero-order valence-electron chi connectivity index (χ0n) is 11.1. The van der Waals surface area contributed by atoms with Gasteiger partial charge < -0.3 is 4.74 Å². The molecular weight excluding hydrogens is 339 g/mol. The van der Waals surface area contributed by atoms with Crippen LogP contribution < -0.4 is 4.74 Å². The topological polar surface area (TPSA) is 69.4 Å². The number of carbonyl (C=O) groups excluding carboxylic acids is 1. The van der Waals surface area contributed by atoms with E-state index >= 15 is 0 Å². The highest BCUT2D eigenvalue weighted by atomic mass is 35.5. The molecule has 0 aliphatic carbocycles. The Morgan fingerprint density at radius 3 is 2.39 bits per heavy atom. The normalized spacial score (nSPS) is 11.1. The van der Waals surface area contributed by atoms with Crippen molar-refractivity contribution in [2.45, 2.75) is 6.18 Å². The fourth-order valence-electron chi connectivity index (χ4n) is 1.78. The molecule has 0 N–H and O–H groups in total. The first kappa shape index (κ1) is 16.8. The molecule has 2 aromatic carbocycles. The van der Waals surface area contributed by atoms with Crippen molar-refractivity contribution < 1.29 is 27.6 Å². The SMILES string of the molecule is O=Cc1c(Oc2ccc(C(F)(F)F)cc2Cl)cccc1[N+](=O)[O-]. The lowest BCUT2D eigenvalue weighted by Crippen LogP contribution is -2.04. The van der Waals surface area contributed by atoms with E-state index in [1.54, 1.807) is 0 Å². The Kier molecular flexibility index (Phi) is 4.55. The zero-order valence-corrected chi connectivity index (χ0v) is 11.9. The van der Waals surface area contributed by atoms with Crippen molar-refractivity contribution in [1.82, 2.24) is 0 Å². The Morgan fingerprint density at radius 2 is 1.87 bits per heavy atom. The number of nitrogens with zero attached hydrogens (tertiary/aromatic N) is 1. The van der Waals surface area contributed by atoms with E-state index in [2.05, 4.69) is 0 Å². The molecule has 0 unspecified atom stereocenters. The minimum Gasteiger partial charge on any atom is -0.455 e. The molecule has 2 rings (SSSR count). The number of aldehydes is 1. The predicted molar refractivity (Wildman–Crippen MR) is 75.0 cm³/mol. The number of rotatable bonds is 4. The quantitative estimate of drug-likeness (QED) is 0.450. The summed E-state index contributed by atoms with van der Waals surface area (Å²) in [5, 5.41) is 10.5. The van der Waals surface area contributed by atoms with Crippen LogP contribution in [0.25, 0.3) is 0 Å². The van der Waals surface area contributed by atoms with Crippen molar-refractivity contribution in [1.29, 1.82) is 0 Å². The summed E-state index contributed by atoms with van der Waals surface area (Å²) >= 11 is 5.74. The van der Waals surface area contributed by atoms with Crippen LogP contribution in [0.2, 0.25) is 5.02 Å². The summed E-state index contributed by atoms with van der Waals surface area (Å²) in [6.07, 6.45) is -4.34. The molecule has 0 fully saturated rings. The van der Waals surface area contributed by atoms with Gasteiger partial charge in [-0.2, -0.15) is 13.2 Å². The Balaban J connectivity index is 2.42. The molecule has 9 heteroatoms. The van der Waals surface area contributed by atoms with Crippen LogP contribution in [-0.2, 0) is 6.18 Å². The van der Waals surface area contributed by atoms with Crippen molar-refractivity contribution >= 4 is 23.6 Å². The van der Waals surface area contributed by atoms with Crippen molar-refractivity contribution in [3.05, 3.63) is 62.7 Å². The van der Waals surface area contributed by atoms with Crippen molar-refractivity contribution in [2.75, 3.05) is 0 Å². The minimum absolute atomic E-state index is 0.164. The molecule has 0 aliphatic rings. The van der Waals surface area contributed by atoms with Gasteiger partial charge in [0, 0.05) is 6.07 Å². The summed E-state index contributed by atoms with van der Waals surface area (Å²) in [7, 11) is 0. The monoisotopic (exact) mass is 345 g/mol. The largest absolute Gasteiger partial charge is 0.455 e. The summed E-state index contributed by atoms with van der Waals surface area (Å²) in [5.41, 5.74) is -1.79. The molecule has 0 bridgehead atoms. The molecule has 120 valence electrons. The fourth-order valence-corrected chi connectivity index (χ4v) is 2.00. The molecule has 5 nitrogen and oxygen atoms in total. The van der Waals surface area contributed by atoms with Crippen molar-refractivity contribution in [3.63, 3.8) is 0 Å². The number of hydrogen-bond donors (Lipinski definition) is 0. The summed E-state index contributed by atoms with van der Waals surface area (Å²) in [6, 6.07) is 6.03. The van der Waals surface area contributed by atoms with Crippen molar-refractivity contribution in [3.8, 4) is 11.5 Å². The molecule has 0 saturated heterocycles. The van der Waals surface area contributed by atoms with Crippen LogP contribution in [0.5, 0.6) is 11.5 Å². The van der Waals surface area contributed by atoms with Gasteiger partial charge in [-0.1, -0.05) is 17.7 Å². The summed E-state index contributed by atoms with van der Waals surface area (Å²) in [4.78, 5) is 21.1. The first-order chi connectivity index (χ1) is 10.7. The van der Waals surface area contributed by atoms with Crippen LogP contribution in [0, 0.1) is 10.1 Å². The maximum atomic E-state index is 12.6. The average Bonchev–Trinajstić information content (AvgIpc) is 2.47. The van der Waals surface area contributed by atoms with Crippen LogP contribution in [0.15, 0.2) is 36.4 Å². The molecular formula is C14H7ClF3NO4. The number of nitro groups is 1. The second-order valence-corrected chi connectivity index (χ2v) is 4.72. The molecule has 0 aliphatic heterocycles. The number of alkyl halides is 3. The minimum atomic E-state index is -4.57. The van der Waals surface area contributed by atoms with Gasteiger partial charge in [-0.15, -0.1) is 0 Å². The Hall–Kier alpha value is -2.61. The summed E-state index contributed by atoms with van der Waals surface area (Å²) < 4.78 is 43.0. The van der Waals surface area contributed by atoms with E-state index in [9.17, 15) is 28.1 Å². The second-order valence-electron chi connectivity index (χ2n) is 4.31. The highest BCUT2D eigenvalue weighted by Crippen LogP contribution is 2.38. The van der Waals surface area contributed by atoms with Crippen LogP contribution >= 0.6 is 11.6 Å². The van der Waals surface area contributed by atoms with Gasteiger partial charge in [0.15, 0.2) is 6.29 Å². The first-order valence-electron chi connectivity index (χ1n) is 6.01. The van der Waals surface area contributed by atoms with Crippen LogP contribution in [0.1, 0.15) is 15.9 Å². The molecule has 0 heterocycles. The van der Waals surface area contributed by atoms with Crippen LogP contribution in [-0.4, -0.2) is 11.2 Å². The lowest BCUT2D eigenvalue weighted by Gasteiger charge is -2.12. The third-order valence-corrected chi connectivity index (χ3v) is 3.13. The molecule has 0 aromatic heterocycles. The molecule has 0 saturated carbocycles. The Bertz CT molecular complexity index is 777. The molecule has 2 aromatic rings. The van der Waals surface area contributed by atoms with E-state index in [-0.39, 0.29) is 28.4 Å². The third kappa shape index (κ3) is 3.59. The highest BCUT2D eigenvalue weighted by Gasteiger charge is 2.31. The van der Waals surface area contributed by atoms with Crippen LogP contribution in [0.3, 0.4) is 0 Å². The zero-order chi connectivity index (χ0) is 17.2. The molecule has 0 amide bonds. The fraction of sp³-hybridized carbons (Fsp3) is 0.0714. The van der Waals surface area contributed by atoms with E-state index in [1.807, 2.05) is 0 Å². The van der Waals surface area contributed by atoms with Crippen molar-refractivity contribution in [2.24, 2.45) is 0 Å². The summed E-state index contributed by atoms with van der Waals surface area (Å²) in [6.45, 7) is 0. The Morgan fingerprint density at radius 1 is 1.17 bits per heavy atom. The molecule has 0 spiro atoms. The number of halogens is 4. The number of carbonyl (C=O) groups is 1. The van der Waals surface area contributed by atoms with Gasteiger partial charge in [0.2, 0.25) is 0 Å². The lowest BCUT2D eigenvalue weighted by molar-refractivity contribution is -0.385. The number of hydrogen-bond acceptors (Lipinski definition) is 4. The van der Waals surface area contributed by atoms with E-state index in [4.69, 9.17) is 16.3 Å². The Labute approximate surface area is 132 Å². The highest BCUT2D eigenvalue weighted by molar-refractivity contribution is 6.32. The number of benzene rings is 2. The molecule has 0 radical (unpaired) electrons. The first-order valence-corrected chi connectivity index (χ1v) is 6.39. The van der Waals surface area contributed by atoms with Gasteiger partial charge in [-0.3, -0.25) is 14.9 Å². The van der Waals surface area contributed by atoms with Gasteiger partial charge in [0.25, 0.3) is 5.69 Å². The average molecular weight is 346 g/mol. The molecule has 23 heavy (non-hydrogen) atoms. The second kappa shape index (κ2) is 6.25. The van der Waals surface area contributed by atoms with E-state index in [0.717, 1.165) is 18.2 Å². The third-order valence-electron chi connectivity index (χ3n) is 2.84. The lowest BCUT2D eigenvalue weighted by atomic mass is 10.1. The van der Waals surface area contributed by atoms with Gasteiger partial charge in [0.1, 0.15) is 17.1 Å². The molecule has 0 atom stereocenters. The van der Waals surface area contributed by atoms with E-state index < -0.39 is 22.4 Å². The maximum Gasteiger partial charge on any atom is 0.416 e. The van der Waals surface area contributed by atoms with E-state index in [0.29, 0.717) is 6.07 Å². The van der Waals surface area contributed by atoms with Crippen LogP contribution in [0.4, 0.5) is 18.9 Å². The standard InChI is InChI=1S/C14H7ClF3NO4/c15-10-6-8(14(16,17)18)4-5-13(10)23-12-3-1-2-11(19(21)22)9(12)7-20/h1-7H. The number of ether oxygens (including phenoxy) is 1. The van der Waals surface area contributed by atoms with Gasteiger partial charge >= 0.3 is 6.18 Å². The predicted octanol–water partition coefficient (Wildman–Crippen LogP) is 4.87. The van der Waals surface area contributed by atoms with Gasteiger partial charge in [0.05, 0.1) is 15.5 Å².